The van der Waals surface area contributed by atoms with Crippen molar-refractivity contribution < 1.29 is 9.13 Å². The van der Waals surface area contributed by atoms with Crippen LogP contribution in [-0.2, 0) is 13.0 Å². The van der Waals surface area contributed by atoms with Crippen LogP contribution in [0.15, 0.2) is 30.6 Å². The van der Waals surface area contributed by atoms with Gasteiger partial charge in [0, 0.05) is 12.1 Å². The van der Waals surface area contributed by atoms with Crippen LogP contribution in [0.5, 0.6) is 11.6 Å². The number of nitrogens with zero attached hydrogens (tertiary/aromatic N) is 2. The summed E-state index contributed by atoms with van der Waals surface area (Å²) >= 11 is 0. The Bertz CT molecular complexity index is 546. The van der Waals surface area contributed by atoms with Crippen LogP contribution in [0.2, 0.25) is 0 Å². The lowest BCUT2D eigenvalue weighted by atomic mass is 10.2. The standard InChI is InChI=1S/C13H14FN3O/c1-2-10-12(14)13(17-8-16-10)18-11-6-4-3-5-9(11)7-15/h3-6,8H,2,7,15H2,1H3. The summed E-state index contributed by atoms with van der Waals surface area (Å²) in [7, 11) is 0. The first-order valence-electron chi connectivity index (χ1n) is 5.71. The molecule has 2 rings (SSSR count). The smallest absolute Gasteiger partial charge is 0.259 e. The molecule has 0 unspecified atom stereocenters. The summed E-state index contributed by atoms with van der Waals surface area (Å²) in [5, 5.41) is 0. The van der Waals surface area contributed by atoms with Crippen LogP contribution in [0.1, 0.15) is 18.2 Å². The highest BCUT2D eigenvalue weighted by molar-refractivity contribution is 5.36. The fourth-order valence-corrected chi connectivity index (χ4v) is 1.58. The van der Waals surface area contributed by atoms with E-state index in [1.807, 2.05) is 19.1 Å². The zero-order valence-corrected chi connectivity index (χ0v) is 10.1. The highest BCUT2D eigenvalue weighted by Crippen LogP contribution is 2.26. The Morgan fingerprint density at radius 2 is 2.06 bits per heavy atom. The maximum absolute atomic E-state index is 13.9. The SMILES string of the molecule is CCc1ncnc(Oc2ccccc2CN)c1F. The van der Waals surface area contributed by atoms with E-state index in [9.17, 15) is 4.39 Å². The van der Waals surface area contributed by atoms with Gasteiger partial charge in [-0.05, 0) is 12.5 Å². The second-order valence-corrected chi connectivity index (χ2v) is 3.71. The number of nitrogens with two attached hydrogens (primary N) is 1. The van der Waals surface area contributed by atoms with Crippen molar-refractivity contribution in [2.75, 3.05) is 0 Å². The number of rotatable bonds is 4. The molecule has 0 aliphatic carbocycles. The quantitative estimate of drug-likeness (QED) is 0.901. The van der Waals surface area contributed by atoms with E-state index >= 15 is 0 Å². The van der Waals surface area contributed by atoms with E-state index < -0.39 is 5.82 Å². The Kier molecular flexibility index (Phi) is 3.84. The van der Waals surface area contributed by atoms with Gasteiger partial charge in [-0.1, -0.05) is 25.1 Å². The molecule has 0 amide bonds. The van der Waals surface area contributed by atoms with Crippen LogP contribution in [0, 0.1) is 5.82 Å². The summed E-state index contributed by atoms with van der Waals surface area (Å²) in [6.45, 7) is 2.15. The number of hydrogen-bond donors (Lipinski definition) is 1. The molecule has 2 aromatic rings. The fraction of sp³-hybridized carbons (Fsp3) is 0.231. The lowest BCUT2D eigenvalue weighted by Crippen LogP contribution is -2.03. The average molecular weight is 247 g/mol. The minimum absolute atomic E-state index is 0.0669. The zero-order chi connectivity index (χ0) is 13.0. The Hall–Kier alpha value is -2.01. The van der Waals surface area contributed by atoms with E-state index in [-0.39, 0.29) is 5.88 Å². The van der Waals surface area contributed by atoms with Gasteiger partial charge in [-0.15, -0.1) is 0 Å². The van der Waals surface area contributed by atoms with Crippen LogP contribution in [0.25, 0.3) is 0 Å². The first kappa shape index (κ1) is 12.4. The summed E-state index contributed by atoms with van der Waals surface area (Å²) < 4.78 is 19.4. The number of halogens is 1. The largest absolute Gasteiger partial charge is 0.436 e. The summed E-state index contributed by atoms with van der Waals surface area (Å²) in [6.07, 6.45) is 1.78. The van der Waals surface area contributed by atoms with Gasteiger partial charge in [0.2, 0.25) is 5.82 Å². The Balaban J connectivity index is 2.34. The van der Waals surface area contributed by atoms with Crippen molar-refractivity contribution in [2.24, 2.45) is 5.73 Å². The lowest BCUT2D eigenvalue weighted by Gasteiger charge is -2.10. The maximum Gasteiger partial charge on any atom is 0.259 e. The molecule has 0 saturated heterocycles. The molecule has 0 radical (unpaired) electrons. The molecule has 0 aliphatic heterocycles. The van der Waals surface area contributed by atoms with Gasteiger partial charge in [-0.25, -0.2) is 4.98 Å². The van der Waals surface area contributed by atoms with Gasteiger partial charge < -0.3 is 10.5 Å². The molecule has 1 heterocycles. The second-order valence-electron chi connectivity index (χ2n) is 3.71. The summed E-state index contributed by atoms with van der Waals surface area (Å²) in [4.78, 5) is 7.66. The van der Waals surface area contributed by atoms with E-state index in [2.05, 4.69) is 9.97 Å². The third-order valence-corrected chi connectivity index (χ3v) is 2.56. The Labute approximate surface area is 105 Å². The minimum Gasteiger partial charge on any atom is -0.436 e. The van der Waals surface area contributed by atoms with E-state index in [1.165, 1.54) is 6.33 Å². The highest BCUT2D eigenvalue weighted by Gasteiger charge is 2.13. The summed E-state index contributed by atoms with van der Waals surface area (Å²) in [6, 6.07) is 7.21. The molecular weight excluding hydrogens is 233 g/mol. The first-order valence-corrected chi connectivity index (χ1v) is 5.71. The van der Waals surface area contributed by atoms with Crippen molar-refractivity contribution in [3.63, 3.8) is 0 Å². The number of benzene rings is 1. The summed E-state index contributed by atoms with van der Waals surface area (Å²) in [5.74, 6) is -0.0748. The molecule has 0 spiro atoms. The monoisotopic (exact) mass is 247 g/mol. The molecule has 0 atom stereocenters. The van der Waals surface area contributed by atoms with Gasteiger partial charge in [0.15, 0.2) is 0 Å². The lowest BCUT2D eigenvalue weighted by molar-refractivity contribution is 0.411. The predicted octanol–water partition coefficient (Wildman–Crippen LogP) is 2.43. The van der Waals surface area contributed by atoms with Gasteiger partial charge in [0.05, 0.1) is 5.69 Å². The molecule has 1 aromatic heterocycles. The molecule has 94 valence electrons. The normalized spacial score (nSPS) is 10.4. The third kappa shape index (κ3) is 2.46. The molecule has 18 heavy (non-hydrogen) atoms. The van der Waals surface area contributed by atoms with Crippen molar-refractivity contribution in [3.05, 3.63) is 47.7 Å². The molecular formula is C13H14FN3O. The number of hydrogen-bond acceptors (Lipinski definition) is 4. The number of ether oxygens (including phenoxy) is 1. The third-order valence-electron chi connectivity index (χ3n) is 2.56. The van der Waals surface area contributed by atoms with Crippen LogP contribution in [0.3, 0.4) is 0 Å². The van der Waals surface area contributed by atoms with E-state index in [4.69, 9.17) is 10.5 Å². The van der Waals surface area contributed by atoms with Gasteiger partial charge in [0.25, 0.3) is 5.88 Å². The van der Waals surface area contributed by atoms with Gasteiger partial charge in [-0.3, -0.25) is 0 Å². The van der Waals surface area contributed by atoms with Gasteiger partial charge in [-0.2, -0.15) is 9.37 Å². The van der Waals surface area contributed by atoms with E-state index in [1.54, 1.807) is 12.1 Å². The van der Waals surface area contributed by atoms with Crippen molar-refractivity contribution in [1.29, 1.82) is 0 Å². The molecule has 0 aliphatic rings. The van der Waals surface area contributed by atoms with Crippen molar-refractivity contribution in [1.82, 2.24) is 9.97 Å². The maximum atomic E-state index is 13.9. The van der Waals surface area contributed by atoms with Gasteiger partial charge >= 0.3 is 0 Å². The van der Waals surface area contributed by atoms with Crippen molar-refractivity contribution >= 4 is 0 Å². The second kappa shape index (κ2) is 5.55. The van der Waals surface area contributed by atoms with Crippen molar-refractivity contribution in [2.45, 2.75) is 19.9 Å². The number of para-hydroxylation sites is 1. The molecule has 0 fully saturated rings. The number of aryl methyl sites for hydroxylation is 1. The molecule has 4 nitrogen and oxygen atoms in total. The Morgan fingerprint density at radius 3 is 2.78 bits per heavy atom. The minimum atomic E-state index is -0.521. The predicted molar refractivity (Wildman–Crippen MR) is 65.8 cm³/mol. The number of aromatic nitrogens is 2. The summed E-state index contributed by atoms with van der Waals surface area (Å²) in [5.41, 5.74) is 6.73. The highest BCUT2D eigenvalue weighted by atomic mass is 19.1. The van der Waals surface area contributed by atoms with E-state index in [0.29, 0.717) is 24.4 Å². The Morgan fingerprint density at radius 1 is 1.28 bits per heavy atom. The topological polar surface area (TPSA) is 61.0 Å². The molecule has 0 bridgehead atoms. The zero-order valence-electron chi connectivity index (χ0n) is 10.1. The first-order chi connectivity index (χ1) is 8.76. The molecule has 5 heteroatoms. The molecule has 0 saturated carbocycles. The van der Waals surface area contributed by atoms with Gasteiger partial charge in [0.1, 0.15) is 12.1 Å². The van der Waals surface area contributed by atoms with Crippen LogP contribution >= 0.6 is 0 Å². The van der Waals surface area contributed by atoms with Crippen LogP contribution < -0.4 is 10.5 Å². The van der Waals surface area contributed by atoms with Crippen LogP contribution in [-0.4, -0.2) is 9.97 Å². The van der Waals surface area contributed by atoms with Crippen molar-refractivity contribution in [3.8, 4) is 11.6 Å². The molecule has 1 aromatic carbocycles. The molecule has 2 N–H and O–H groups in total. The van der Waals surface area contributed by atoms with Crippen LogP contribution in [0.4, 0.5) is 4.39 Å². The average Bonchev–Trinajstić information content (AvgIpc) is 2.42. The van der Waals surface area contributed by atoms with E-state index in [0.717, 1.165) is 5.56 Å². The fourth-order valence-electron chi connectivity index (χ4n) is 1.58.